The molecule has 0 atom stereocenters. The van der Waals surface area contributed by atoms with Gasteiger partial charge in [-0.15, -0.1) is 12.4 Å². The minimum atomic E-state index is -0.0174. The molecule has 0 radical (unpaired) electrons. The molecule has 0 saturated carbocycles. The molecular weight excluding hydrogens is 304 g/mol. The van der Waals surface area contributed by atoms with Gasteiger partial charge in [0.25, 0.3) is 0 Å². The lowest BCUT2D eigenvalue weighted by atomic mass is 10.3. The topological polar surface area (TPSA) is 64.7 Å². The molecule has 0 unspecified atom stereocenters. The number of nitrogens with zero attached hydrogens (tertiary/aromatic N) is 2. The summed E-state index contributed by atoms with van der Waals surface area (Å²) in [5.74, 6) is 0.0992. The summed E-state index contributed by atoms with van der Waals surface area (Å²) in [6, 6.07) is 9.43. The Bertz CT molecular complexity index is 476. The van der Waals surface area contributed by atoms with E-state index in [9.17, 15) is 9.59 Å². The van der Waals surface area contributed by atoms with E-state index in [1.807, 2.05) is 35.2 Å². The minimum absolute atomic E-state index is 0. The second-order valence-corrected chi connectivity index (χ2v) is 5.10. The van der Waals surface area contributed by atoms with Crippen LogP contribution in [0.5, 0.6) is 0 Å². The normalized spacial score (nSPS) is 15.0. The molecule has 2 rings (SSSR count). The number of benzene rings is 1. The van der Waals surface area contributed by atoms with Crippen LogP contribution in [0.15, 0.2) is 30.3 Å². The number of hydrogen-bond acceptors (Lipinski definition) is 4. The van der Waals surface area contributed by atoms with E-state index in [-0.39, 0.29) is 24.2 Å². The summed E-state index contributed by atoms with van der Waals surface area (Å²) in [5, 5.41) is 5.74. The number of anilines is 1. The molecule has 6 nitrogen and oxygen atoms in total. The molecule has 1 aromatic carbocycles. The lowest BCUT2D eigenvalue weighted by Crippen LogP contribution is -2.51. The van der Waals surface area contributed by atoms with E-state index in [1.165, 1.54) is 0 Å². The molecule has 1 aliphatic heterocycles. The third kappa shape index (κ3) is 5.63. The van der Waals surface area contributed by atoms with Gasteiger partial charge in [0.2, 0.25) is 11.8 Å². The fourth-order valence-electron chi connectivity index (χ4n) is 2.34. The molecule has 0 aliphatic carbocycles. The number of hydrogen-bond donors (Lipinski definition) is 2. The van der Waals surface area contributed by atoms with Crippen LogP contribution in [0.1, 0.15) is 0 Å². The van der Waals surface area contributed by atoms with Crippen LogP contribution in [-0.2, 0) is 9.59 Å². The summed E-state index contributed by atoms with van der Waals surface area (Å²) < 4.78 is 0. The van der Waals surface area contributed by atoms with Crippen LogP contribution in [0.3, 0.4) is 0 Å². The van der Waals surface area contributed by atoms with Crippen LogP contribution in [0.25, 0.3) is 0 Å². The first kappa shape index (κ1) is 18.4. The number of halogens is 1. The highest BCUT2D eigenvalue weighted by Crippen LogP contribution is 2.06. The maximum Gasteiger partial charge on any atom is 0.238 e. The molecule has 1 aromatic rings. The zero-order chi connectivity index (χ0) is 15.1. The highest BCUT2D eigenvalue weighted by Gasteiger charge is 2.21. The number of carbonyl (C=O) groups is 2. The molecule has 1 aliphatic rings. The molecule has 1 fully saturated rings. The van der Waals surface area contributed by atoms with E-state index < -0.39 is 0 Å². The average molecular weight is 327 g/mol. The van der Waals surface area contributed by atoms with Gasteiger partial charge in [-0.1, -0.05) is 18.2 Å². The highest BCUT2D eigenvalue weighted by molar-refractivity contribution is 5.92. The Morgan fingerprint density at radius 1 is 1.09 bits per heavy atom. The molecule has 22 heavy (non-hydrogen) atoms. The van der Waals surface area contributed by atoms with Gasteiger partial charge in [-0.25, -0.2) is 0 Å². The molecule has 1 saturated heterocycles. The summed E-state index contributed by atoms with van der Waals surface area (Å²) >= 11 is 0. The van der Waals surface area contributed by atoms with Crippen molar-refractivity contribution < 1.29 is 9.59 Å². The van der Waals surface area contributed by atoms with Gasteiger partial charge in [0, 0.05) is 31.9 Å². The van der Waals surface area contributed by atoms with Crippen molar-refractivity contribution in [2.24, 2.45) is 0 Å². The molecule has 2 amide bonds. The maximum absolute atomic E-state index is 12.0. The molecule has 0 bridgehead atoms. The van der Waals surface area contributed by atoms with Crippen LogP contribution < -0.4 is 10.6 Å². The first-order valence-electron chi connectivity index (χ1n) is 7.18. The summed E-state index contributed by atoms with van der Waals surface area (Å²) in [7, 11) is 1.77. The van der Waals surface area contributed by atoms with E-state index in [0.29, 0.717) is 26.2 Å². The van der Waals surface area contributed by atoms with E-state index in [1.54, 1.807) is 7.05 Å². The summed E-state index contributed by atoms with van der Waals surface area (Å²) in [4.78, 5) is 27.6. The summed E-state index contributed by atoms with van der Waals surface area (Å²) in [5.41, 5.74) is 0.810. The third-order valence-corrected chi connectivity index (χ3v) is 3.48. The number of amides is 2. The Labute approximate surface area is 137 Å². The summed E-state index contributed by atoms with van der Waals surface area (Å²) in [6.07, 6.45) is 0. The minimum Gasteiger partial charge on any atom is -0.339 e. The number of nitrogens with one attached hydrogen (secondary N) is 2. The van der Waals surface area contributed by atoms with Gasteiger partial charge < -0.3 is 15.5 Å². The second kappa shape index (κ2) is 9.40. The Kier molecular flexibility index (Phi) is 7.87. The fraction of sp³-hybridized carbons (Fsp3) is 0.467. The van der Waals surface area contributed by atoms with Crippen molar-refractivity contribution in [1.82, 2.24) is 15.1 Å². The lowest BCUT2D eigenvalue weighted by Gasteiger charge is -2.34. The first-order chi connectivity index (χ1) is 10.2. The zero-order valence-electron chi connectivity index (χ0n) is 12.7. The van der Waals surface area contributed by atoms with Crippen LogP contribution in [0, 0.1) is 0 Å². The molecule has 0 spiro atoms. The van der Waals surface area contributed by atoms with Gasteiger partial charge in [-0.05, 0) is 19.2 Å². The predicted octanol–water partition coefficient (Wildman–Crippen LogP) is 0.411. The molecule has 1 heterocycles. The van der Waals surface area contributed by atoms with Crippen molar-refractivity contribution in [2.45, 2.75) is 0 Å². The van der Waals surface area contributed by atoms with Gasteiger partial charge in [0.15, 0.2) is 0 Å². The number of piperazine rings is 1. The van der Waals surface area contributed by atoms with Crippen molar-refractivity contribution in [3.8, 4) is 0 Å². The first-order valence-corrected chi connectivity index (χ1v) is 7.18. The van der Waals surface area contributed by atoms with Crippen LogP contribution >= 0.6 is 12.4 Å². The van der Waals surface area contributed by atoms with Crippen molar-refractivity contribution in [3.63, 3.8) is 0 Å². The second-order valence-electron chi connectivity index (χ2n) is 5.10. The summed E-state index contributed by atoms with van der Waals surface area (Å²) in [6.45, 7) is 3.56. The molecule has 122 valence electrons. The van der Waals surface area contributed by atoms with Crippen molar-refractivity contribution in [1.29, 1.82) is 0 Å². The van der Waals surface area contributed by atoms with Crippen LogP contribution in [0.2, 0.25) is 0 Å². The quantitative estimate of drug-likeness (QED) is 0.822. The van der Waals surface area contributed by atoms with Gasteiger partial charge >= 0.3 is 0 Å². The molecule has 2 N–H and O–H groups in total. The van der Waals surface area contributed by atoms with Gasteiger partial charge in [-0.3, -0.25) is 14.5 Å². The Morgan fingerprint density at radius 2 is 1.73 bits per heavy atom. The Balaban J connectivity index is 0.00000242. The van der Waals surface area contributed by atoms with E-state index in [2.05, 4.69) is 15.5 Å². The number of carbonyl (C=O) groups excluding carboxylic acids is 2. The lowest BCUT2D eigenvalue weighted by molar-refractivity contribution is -0.132. The zero-order valence-corrected chi connectivity index (χ0v) is 13.6. The maximum atomic E-state index is 12.0. The number of likely N-dealkylation sites (N-methyl/N-ethyl adjacent to an activating group) is 1. The smallest absolute Gasteiger partial charge is 0.238 e. The number of rotatable bonds is 5. The van der Waals surface area contributed by atoms with Gasteiger partial charge in [0.05, 0.1) is 13.1 Å². The van der Waals surface area contributed by atoms with Crippen molar-refractivity contribution in [3.05, 3.63) is 30.3 Å². The van der Waals surface area contributed by atoms with Crippen molar-refractivity contribution >= 4 is 29.9 Å². The standard InChI is InChI=1S/C15H22N4O2.ClH/c1-16-11-15(21)19-9-7-18(8-10-19)12-14(20)17-13-5-3-2-4-6-13;/h2-6,16H,7-12H2,1H3,(H,17,20);1H. The Hall–Kier alpha value is -1.63. The predicted molar refractivity (Wildman–Crippen MR) is 89.3 cm³/mol. The fourth-order valence-corrected chi connectivity index (χ4v) is 2.34. The molecule has 7 heteroatoms. The van der Waals surface area contributed by atoms with Gasteiger partial charge in [0.1, 0.15) is 0 Å². The van der Waals surface area contributed by atoms with Crippen LogP contribution in [0.4, 0.5) is 5.69 Å². The van der Waals surface area contributed by atoms with Gasteiger partial charge in [-0.2, -0.15) is 0 Å². The van der Waals surface area contributed by atoms with E-state index >= 15 is 0 Å². The van der Waals surface area contributed by atoms with Crippen LogP contribution in [-0.4, -0.2) is 67.9 Å². The highest BCUT2D eigenvalue weighted by atomic mass is 35.5. The third-order valence-electron chi connectivity index (χ3n) is 3.48. The average Bonchev–Trinajstić information content (AvgIpc) is 2.49. The monoisotopic (exact) mass is 326 g/mol. The van der Waals surface area contributed by atoms with Crippen molar-refractivity contribution in [2.75, 3.05) is 51.6 Å². The molecular formula is C15H23ClN4O2. The number of para-hydroxylation sites is 1. The van der Waals surface area contributed by atoms with E-state index in [4.69, 9.17) is 0 Å². The Morgan fingerprint density at radius 3 is 2.32 bits per heavy atom. The molecule has 0 aromatic heterocycles. The largest absolute Gasteiger partial charge is 0.339 e. The van der Waals surface area contributed by atoms with E-state index in [0.717, 1.165) is 18.8 Å². The SMILES string of the molecule is CNCC(=O)N1CCN(CC(=O)Nc2ccccc2)CC1.Cl.